The molecule has 0 spiro atoms. The molecule has 82 heavy (non-hydrogen) atoms. The second kappa shape index (κ2) is 28.4. The molecule has 0 radical (unpaired) electrons. The third kappa shape index (κ3) is 16.8. The number of hydrogen-bond donors (Lipinski definition) is 5. The van der Waals surface area contributed by atoms with Gasteiger partial charge in [0.2, 0.25) is 11.8 Å². The van der Waals surface area contributed by atoms with Gasteiger partial charge in [-0.05, 0) is 120 Å². The molecule has 426 valence electrons. The highest BCUT2D eigenvalue weighted by molar-refractivity contribution is 6.01. The molecule has 0 aliphatic rings. The lowest BCUT2D eigenvalue weighted by Gasteiger charge is -2.26. The third-order valence-corrected chi connectivity index (χ3v) is 11.8. The van der Waals surface area contributed by atoms with Crippen molar-refractivity contribution in [2.45, 2.75) is 59.4 Å². The highest BCUT2D eigenvalue weighted by Crippen LogP contribution is 2.39. The van der Waals surface area contributed by atoms with Crippen LogP contribution in [0.5, 0.6) is 40.2 Å². The summed E-state index contributed by atoms with van der Waals surface area (Å²) in [5, 5.41) is 35.0. The number of hydrogen-bond acceptors (Lipinski definition) is 16. The zero-order valence-electron chi connectivity index (χ0n) is 46.5. The van der Waals surface area contributed by atoms with Crippen molar-refractivity contribution in [1.82, 2.24) is 26.3 Å². The lowest BCUT2D eigenvalue weighted by molar-refractivity contribution is -0.384. The number of nitriles is 1. The van der Waals surface area contributed by atoms with Gasteiger partial charge in [0.25, 0.3) is 17.5 Å². The van der Waals surface area contributed by atoms with Crippen molar-refractivity contribution in [3.8, 4) is 46.3 Å². The minimum Gasteiger partial charge on any atom is -0.495 e. The molecule has 0 fully saturated rings. The molecular formula is C60H63N9O13. The maximum Gasteiger partial charge on any atom is 0.414 e. The fourth-order valence-electron chi connectivity index (χ4n) is 7.55. The lowest BCUT2D eigenvalue weighted by Crippen LogP contribution is -2.49. The number of nitro benzene ring substituents is 1. The van der Waals surface area contributed by atoms with Gasteiger partial charge in [-0.1, -0.05) is 54.6 Å². The monoisotopic (exact) mass is 1120 g/mol. The van der Waals surface area contributed by atoms with Crippen LogP contribution in [0.1, 0.15) is 52.7 Å². The van der Waals surface area contributed by atoms with Gasteiger partial charge in [0.15, 0.2) is 34.2 Å². The van der Waals surface area contributed by atoms with Gasteiger partial charge in [-0.3, -0.25) is 39.2 Å². The second-order valence-corrected chi connectivity index (χ2v) is 18.8. The van der Waals surface area contributed by atoms with E-state index in [0.717, 1.165) is 5.56 Å². The van der Waals surface area contributed by atoms with Crippen molar-refractivity contribution in [2.24, 2.45) is 0 Å². The van der Waals surface area contributed by atoms with E-state index in [4.69, 9.17) is 28.4 Å². The van der Waals surface area contributed by atoms with Crippen LogP contribution in [0.25, 0.3) is 10.9 Å². The standard InChI is InChI=1S/C40H40N6O7.C20H23N3O6/c1-6-42-36(47)24-44-38(48)40(2,3)53-34-15-11-10-14-33(34)52-29-18-16-28(17-19-29)45-37-27(22-41)23-43-31-21-32(35(50-5)20-30(31)37)46(4)39(49)51-25-26-12-8-7-9-13-26;1-4-21-18(24)13-22-19(25)20(2,3)29-17-8-6-5-7-16(17)28-15-11-9-14(10-12-15)23(26)27/h7-21,23H,6,24-25H2,1-5H3,(H,42,47)(H,43,45)(H,44,48);5-12H,4,13H2,1-3H3,(H,21,24)(H,22,25). The molecule has 0 unspecified atom stereocenters. The fraction of sp³-hybridized carbons (Fsp3) is 0.250. The number of nitrogens with one attached hydrogen (secondary N) is 5. The van der Waals surface area contributed by atoms with Crippen molar-refractivity contribution >= 4 is 63.4 Å². The van der Waals surface area contributed by atoms with Crippen molar-refractivity contribution < 1.29 is 57.3 Å². The maximum atomic E-state index is 13.0. The molecule has 0 bridgehead atoms. The topological polar surface area (TPSA) is 284 Å². The van der Waals surface area contributed by atoms with Crippen LogP contribution >= 0.6 is 0 Å². The van der Waals surface area contributed by atoms with Crippen molar-refractivity contribution in [3.05, 3.63) is 167 Å². The number of carbonyl (C=O) groups is 5. The molecule has 5 amide bonds. The Hall–Kier alpha value is -10.4. The summed E-state index contributed by atoms with van der Waals surface area (Å²) in [6.07, 6.45) is 0.891. The van der Waals surface area contributed by atoms with E-state index in [1.165, 1.54) is 42.5 Å². The van der Waals surface area contributed by atoms with Crippen LogP contribution in [0.2, 0.25) is 0 Å². The van der Waals surface area contributed by atoms with Gasteiger partial charge < -0.3 is 55.0 Å². The van der Waals surface area contributed by atoms with Crippen LogP contribution in [0.4, 0.5) is 27.5 Å². The number of ether oxygens (including phenoxy) is 6. The molecule has 1 heterocycles. The first-order valence-electron chi connectivity index (χ1n) is 25.7. The highest BCUT2D eigenvalue weighted by Gasteiger charge is 2.33. The SMILES string of the molecule is CCNC(=O)CNC(=O)C(C)(C)Oc1ccccc1Oc1ccc(Nc2c(C#N)cnc3cc(N(C)C(=O)OCc4ccccc4)c(OC)cc23)cc1.CCNC(=O)CNC(=O)C(C)(C)Oc1ccccc1Oc1ccc([N+](=O)[O-])cc1. The minimum atomic E-state index is -1.31. The Balaban J connectivity index is 0.000000315. The van der Waals surface area contributed by atoms with Gasteiger partial charge in [-0.15, -0.1) is 0 Å². The molecule has 5 N–H and O–H groups in total. The number of nitro groups is 1. The molecule has 22 heteroatoms. The average molecular weight is 1120 g/mol. The lowest BCUT2D eigenvalue weighted by atomic mass is 10.1. The van der Waals surface area contributed by atoms with E-state index in [-0.39, 0.29) is 37.2 Å². The number of methoxy groups -OCH3 is 1. The van der Waals surface area contributed by atoms with Crippen LogP contribution in [0, 0.1) is 21.4 Å². The van der Waals surface area contributed by atoms with E-state index in [0.29, 0.717) is 86.9 Å². The predicted octanol–water partition coefficient (Wildman–Crippen LogP) is 9.63. The summed E-state index contributed by atoms with van der Waals surface area (Å²) in [6, 6.07) is 41.3. The quantitative estimate of drug-likeness (QED) is 0.0294. The van der Waals surface area contributed by atoms with E-state index in [1.54, 1.807) is 134 Å². The first kappa shape index (κ1) is 60.8. The fourth-order valence-corrected chi connectivity index (χ4v) is 7.55. The molecule has 7 aromatic rings. The number of para-hydroxylation sites is 4. The summed E-state index contributed by atoms with van der Waals surface area (Å²) < 4.78 is 35.0. The highest BCUT2D eigenvalue weighted by atomic mass is 16.6. The predicted molar refractivity (Wildman–Crippen MR) is 307 cm³/mol. The van der Waals surface area contributed by atoms with Crippen LogP contribution in [0.3, 0.4) is 0 Å². The van der Waals surface area contributed by atoms with Crippen LogP contribution < -0.4 is 55.2 Å². The molecule has 0 atom stereocenters. The zero-order valence-corrected chi connectivity index (χ0v) is 46.5. The summed E-state index contributed by atoms with van der Waals surface area (Å²) >= 11 is 0. The third-order valence-electron chi connectivity index (χ3n) is 11.8. The normalized spacial score (nSPS) is 10.8. The van der Waals surface area contributed by atoms with Crippen molar-refractivity contribution in [1.29, 1.82) is 5.26 Å². The number of benzene rings is 6. The molecule has 0 saturated heterocycles. The molecule has 22 nitrogen and oxygen atoms in total. The maximum absolute atomic E-state index is 13.0. The van der Waals surface area contributed by atoms with Gasteiger partial charge in [0, 0.05) is 49.5 Å². The van der Waals surface area contributed by atoms with Crippen LogP contribution in [0.15, 0.2) is 146 Å². The number of non-ortho nitro benzene ring substituents is 1. The number of carbonyl (C=O) groups excluding carboxylic acids is 5. The molecule has 7 rings (SSSR count). The van der Waals surface area contributed by atoms with Gasteiger partial charge >= 0.3 is 6.09 Å². The largest absolute Gasteiger partial charge is 0.495 e. The smallest absolute Gasteiger partial charge is 0.414 e. The first-order valence-corrected chi connectivity index (χ1v) is 25.7. The summed E-state index contributed by atoms with van der Waals surface area (Å²) in [7, 11) is 3.08. The van der Waals surface area contributed by atoms with E-state index in [9.17, 15) is 39.3 Å². The number of aromatic nitrogens is 1. The Morgan fingerprint density at radius 2 is 1.15 bits per heavy atom. The summed E-state index contributed by atoms with van der Waals surface area (Å²) in [5.74, 6) is 1.08. The molecular weight excluding hydrogens is 1050 g/mol. The molecule has 0 saturated carbocycles. The molecule has 0 aliphatic carbocycles. The Morgan fingerprint density at radius 3 is 1.62 bits per heavy atom. The Labute approximate surface area is 473 Å². The summed E-state index contributed by atoms with van der Waals surface area (Å²) in [5.41, 5.74) is 0.627. The van der Waals surface area contributed by atoms with Gasteiger partial charge in [-0.25, -0.2) is 4.79 Å². The van der Waals surface area contributed by atoms with Gasteiger partial charge in [0.05, 0.1) is 47.6 Å². The molecule has 0 aliphatic heterocycles. The van der Waals surface area contributed by atoms with Crippen LogP contribution in [-0.4, -0.2) is 91.2 Å². The number of rotatable bonds is 23. The zero-order chi connectivity index (χ0) is 59.4. The van der Waals surface area contributed by atoms with E-state index >= 15 is 0 Å². The number of amides is 5. The molecule has 6 aromatic carbocycles. The average Bonchev–Trinajstić information content (AvgIpc) is 3.53. The van der Waals surface area contributed by atoms with Crippen molar-refractivity contribution in [2.75, 3.05) is 50.6 Å². The Bertz CT molecular complexity index is 3420. The summed E-state index contributed by atoms with van der Waals surface area (Å²) in [4.78, 5) is 77.7. The van der Waals surface area contributed by atoms with E-state index < -0.39 is 34.0 Å². The Kier molecular flexibility index (Phi) is 21.1. The number of nitrogens with zero attached hydrogens (tertiary/aromatic N) is 4. The van der Waals surface area contributed by atoms with Gasteiger partial charge in [0.1, 0.15) is 29.9 Å². The number of fused-ring (bicyclic) bond motifs is 1. The summed E-state index contributed by atoms with van der Waals surface area (Å²) in [6.45, 7) is 10.7. The van der Waals surface area contributed by atoms with E-state index in [2.05, 4.69) is 37.6 Å². The van der Waals surface area contributed by atoms with E-state index in [1.807, 2.05) is 30.3 Å². The number of anilines is 3. The minimum absolute atomic E-state index is 0.0493. The van der Waals surface area contributed by atoms with Crippen molar-refractivity contribution in [3.63, 3.8) is 0 Å². The number of pyridine rings is 1. The number of likely N-dealkylation sites (N-methyl/N-ethyl adjacent to an activating group) is 2. The van der Waals surface area contributed by atoms with Crippen LogP contribution in [-0.2, 0) is 30.5 Å². The van der Waals surface area contributed by atoms with Gasteiger partial charge in [-0.2, -0.15) is 5.26 Å². The second-order valence-electron chi connectivity index (χ2n) is 18.8. The molecule has 1 aromatic heterocycles. The Morgan fingerprint density at radius 1 is 0.659 bits per heavy atom. The first-order chi connectivity index (χ1) is 39.2.